The van der Waals surface area contributed by atoms with Crippen molar-refractivity contribution in [1.82, 2.24) is 20.2 Å². The average molecular weight is 262 g/mol. The number of carbonyl (C=O) groups is 1. The highest BCUT2D eigenvalue weighted by atomic mass is 16.5. The average Bonchev–Trinajstić information content (AvgIpc) is 2.82. The molecule has 0 radical (unpaired) electrons. The van der Waals surface area contributed by atoms with Crippen molar-refractivity contribution in [2.24, 2.45) is 0 Å². The van der Waals surface area contributed by atoms with E-state index in [2.05, 4.69) is 15.5 Å². The number of carboxylic acid groups (broad SMARTS) is 1. The lowest BCUT2D eigenvalue weighted by Gasteiger charge is -2.13. The van der Waals surface area contributed by atoms with Gasteiger partial charge in [-0.05, 0) is 35.0 Å². The molecule has 0 fully saturated rings. The quantitative estimate of drug-likeness (QED) is 0.859. The first-order valence-corrected chi connectivity index (χ1v) is 5.72. The van der Waals surface area contributed by atoms with Gasteiger partial charge in [0.1, 0.15) is 11.6 Å². The van der Waals surface area contributed by atoms with Crippen molar-refractivity contribution in [1.29, 1.82) is 0 Å². The zero-order valence-corrected chi connectivity index (χ0v) is 10.6. The van der Waals surface area contributed by atoms with E-state index in [1.54, 1.807) is 20.1 Å². The van der Waals surface area contributed by atoms with Crippen molar-refractivity contribution in [3.05, 3.63) is 35.7 Å². The molecule has 0 aliphatic carbocycles. The first-order chi connectivity index (χ1) is 9.11. The minimum absolute atomic E-state index is 0.290. The van der Waals surface area contributed by atoms with Gasteiger partial charge in [-0.1, -0.05) is 12.1 Å². The monoisotopic (exact) mass is 262 g/mol. The lowest BCUT2D eigenvalue weighted by atomic mass is 10.1. The maximum absolute atomic E-state index is 11.4. The van der Waals surface area contributed by atoms with Crippen molar-refractivity contribution in [3.63, 3.8) is 0 Å². The van der Waals surface area contributed by atoms with Gasteiger partial charge in [0, 0.05) is 6.42 Å². The van der Waals surface area contributed by atoms with Crippen LogP contribution in [0.3, 0.4) is 0 Å². The van der Waals surface area contributed by atoms with Crippen LogP contribution in [-0.4, -0.2) is 38.4 Å². The van der Waals surface area contributed by atoms with Gasteiger partial charge in [0.05, 0.1) is 7.11 Å². The summed E-state index contributed by atoms with van der Waals surface area (Å²) >= 11 is 0. The number of aryl methyl sites for hydroxylation is 1. The maximum Gasteiger partial charge on any atom is 0.328 e. The highest BCUT2D eigenvalue weighted by Gasteiger charge is 2.23. The van der Waals surface area contributed by atoms with E-state index in [0.29, 0.717) is 18.0 Å². The summed E-state index contributed by atoms with van der Waals surface area (Å²) in [7, 11) is 1.57. The third-order valence-electron chi connectivity index (χ3n) is 2.80. The first kappa shape index (κ1) is 13.0. The molecule has 1 unspecified atom stereocenters. The van der Waals surface area contributed by atoms with Gasteiger partial charge >= 0.3 is 5.97 Å². The van der Waals surface area contributed by atoms with Crippen LogP contribution in [0.2, 0.25) is 0 Å². The second kappa shape index (κ2) is 5.47. The first-order valence-electron chi connectivity index (χ1n) is 5.72. The summed E-state index contributed by atoms with van der Waals surface area (Å²) in [6.45, 7) is 1.67. The van der Waals surface area contributed by atoms with Crippen molar-refractivity contribution in [2.45, 2.75) is 19.4 Å². The van der Waals surface area contributed by atoms with Gasteiger partial charge in [-0.15, -0.1) is 5.10 Å². The molecule has 2 aromatic rings. The van der Waals surface area contributed by atoms with Crippen LogP contribution in [0.25, 0.3) is 0 Å². The summed E-state index contributed by atoms with van der Waals surface area (Å²) in [5.41, 5.74) is 0.849. The van der Waals surface area contributed by atoms with Gasteiger partial charge in [0.2, 0.25) is 0 Å². The van der Waals surface area contributed by atoms with Crippen molar-refractivity contribution < 1.29 is 14.6 Å². The van der Waals surface area contributed by atoms with E-state index in [-0.39, 0.29) is 0 Å². The number of hydrogen-bond donors (Lipinski definition) is 1. The van der Waals surface area contributed by atoms with Crippen LogP contribution in [0.15, 0.2) is 24.3 Å². The second-order valence-corrected chi connectivity index (χ2v) is 4.08. The van der Waals surface area contributed by atoms with Crippen molar-refractivity contribution in [3.8, 4) is 5.75 Å². The fourth-order valence-electron chi connectivity index (χ4n) is 1.83. The zero-order chi connectivity index (χ0) is 13.8. The summed E-state index contributed by atoms with van der Waals surface area (Å²) in [6, 6.07) is 6.44. The fraction of sp³-hybridized carbons (Fsp3) is 0.333. The minimum atomic E-state index is -0.974. The van der Waals surface area contributed by atoms with E-state index in [1.807, 2.05) is 18.2 Å². The largest absolute Gasteiger partial charge is 0.497 e. The number of rotatable bonds is 5. The van der Waals surface area contributed by atoms with Gasteiger partial charge in [0.25, 0.3) is 0 Å². The number of aliphatic carboxylic acids is 1. The zero-order valence-electron chi connectivity index (χ0n) is 10.6. The Bertz CT molecular complexity index is 582. The maximum atomic E-state index is 11.4. The normalized spacial score (nSPS) is 12.1. The molecule has 0 spiro atoms. The molecule has 0 saturated carbocycles. The third kappa shape index (κ3) is 2.87. The highest BCUT2D eigenvalue weighted by Crippen LogP contribution is 2.19. The molecule has 19 heavy (non-hydrogen) atoms. The van der Waals surface area contributed by atoms with Gasteiger partial charge in [-0.2, -0.15) is 0 Å². The smallest absolute Gasteiger partial charge is 0.328 e. The van der Waals surface area contributed by atoms with Crippen molar-refractivity contribution >= 4 is 5.97 Å². The molecule has 1 heterocycles. The van der Waals surface area contributed by atoms with Crippen LogP contribution in [0.5, 0.6) is 5.75 Å². The molecule has 1 atom stereocenters. The standard InChI is InChI=1S/C12H14N4O3/c1-8-13-14-15-16(8)11(12(17)18)7-9-4-3-5-10(6-9)19-2/h3-6,11H,7H2,1-2H3,(H,17,18). The Labute approximate surface area is 109 Å². The molecule has 0 amide bonds. The van der Waals surface area contributed by atoms with E-state index in [4.69, 9.17) is 4.74 Å². The van der Waals surface area contributed by atoms with Gasteiger partial charge < -0.3 is 9.84 Å². The van der Waals surface area contributed by atoms with Crippen LogP contribution in [0.4, 0.5) is 0 Å². The molecule has 7 nitrogen and oxygen atoms in total. The Morgan fingerprint density at radius 1 is 1.53 bits per heavy atom. The number of nitrogens with zero attached hydrogens (tertiary/aromatic N) is 4. The summed E-state index contributed by atoms with van der Waals surface area (Å²) < 4.78 is 6.42. The number of hydrogen-bond acceptors (Lipinski definition) is 5. The van der Waals surface area contributed by atoms with E-state index < -0.39 is 12.0 Å². The summed E-state index contributed by atoms with van der Waals surface area (Å²) in [6.07, 6.45) is 0.290. The lowest BCUT2D eigenvalue weighted by molar-refractivity contribution is -0.141. The fourth-order valence-corrected chi connectivity index (χ4v) is 1.83. The molecule has 1 aromatic heterocycles. The Morgan fingerprint density at radius 2 is 2.32 bits per heavy atom. The minimum Gasteiger partial charge on any atom is -0.497 e. The number of tetrazole rings is 1. The van der Waals surface area contributed by atoms with Crippen LogP contribution >= 0.6 is 0 Å². The van der Waals surface area contributed by atoms with Gasteiger partial charge in [-0.25, -0.2) is 9.48 Å². The Kier molecular flexibility index (Phi) is 3.74. The topological polar surface area (TPSA) is 90.1 Å². The lowest BCUT2D eigenvalue weighted by Crippen LogP contribution is -2.23. The summed E-state index contributed by atoms with van der Waals surface area (Å²) in [5, 5.41) is 20.2. The second-order valence-electron chi connectivity index (χ2n) is 4.08. The van der Waals surface area contributed by atoms with Crippen LogP contribution in [-0.2, 0) is 11.2 Å². The Morgan fingerprint density at radius 3 is 2.89 bits per heavy atom. The molecule has 0 saturated heterocycles. The number of carboxylic acids is 1. The Balaban J connectivity index is 2.27. The molecule has 2 rings (SSSR count). The predicted molar refractivity (Wildman–Crippen MR) is 65.9 cm³/mol. The van der Waals surface area contributed by atoms with E-state index >= 15 is 0 Å². The van der Waals surface area contributed by atoms with Gasteiger partial charge in [0.15, 0.2) is 6.04 Å². The number of benzene rings is 1. The molecule has 100 valence electrons. The van der Waals surface area contributed by atoms with Crippen LogP contribution < -0.4 is 4.74 Å². The molecule has 7 heteroatoms. The van der Waals surface area contributed by atoms with Crippen molar-refractivity contribution in [2.75, 3.05) is 7.11 Å². The number of ether oxygens (including phenoxy) is 1. The SMILES string of the molecule is COc1cccc(CC(C(=O)O)n2nnnc2C)c1. The molecule has 1 aromatic carbocycles. The number of methoxy groups -OCH3 is 1. The highest BCUT2D eigenvalue weighted by molar-refractivity contribution is 5.72. The van der Waals surface area contributed by atoms with Crippen LogP contribution in [0.1, 0.15) is 17.4 Å². The summed E-state index contributed by atoms with van der Waals surface area (Å²) in [4.78, 5) is 11.4. The van der Waals surface area contributed by atoms with Gasteiger partial charge in [-0.3, -0.25) is 0 Å². The summed E-state index contributed by atoms with van der Waals surface area (Å²) in [5.74, 6) is 0.184. The molecule has 0 bridgehead atoms. The molecule has 1 N–H and O–H groups in total. The predicted octanol–water partition coefficient (Wildman–Crippen LogP) is 0.859. The number of aromatic nitrogens is 4. The molecule has 0 aliphatic heterocycles. The Hall–Kier alpha value is -2.44. The van der Waals surface area contributed by atoms with E-state index in [0.717, 1.165) is 5.56 Å². The van der Waals surface area contributed by atoms with Crippen LogP contribution in [0, 0.1) is 6.92 Å². The van der Waals surface area contributed by atoms with E-state index in [1.165, 1.54) is 4.68 Å². The third-order valence-corrected chi connectivity index (χ3v) is 2.80. The molecular formula is C12H14N4O3. The van der Waals surface area contributed by atoms with E-state index in [9.17, 15) is 9.90 Å². The molecule has 0 aliphatic rings. The molecular weight excluding hydrogens is 248 g/mol.